The van der Waals surface area contributed by atoms with Gasteiger partial charge in [-0.15, -0.1) is 0 Å². The number of H-pyrrole nitrogens is 3. The fourth-order valence-corrected chi connectivity index (χ4v) is 7.86. The summed E-state index contributed by atoms with van der Waals surface area (Å²) in [5.74, 6) is -1.75. The molecule has 294 valence electrons. The van der Waals surface area contributed by atoms with Crippen molar-refractivity contribution in [2.24, 2.45) is 11.8 Å². The number of carbonyl (C=O) groups excluding carboxylic acids is 5. The summed E-state index contributed by atoms with van der Waals surface area (Å²) in [4.78, 5) is 85.2. The zero-order valence-electron chi connectivity index (χ0n) is 31.4. The lowest BCUT2D eigenvalue weighted by Crippen LogP contribution is -2.53. The van der Waals surface area contributed by atoms with Gasteiger partial charge in [0, 0.05) is 74.8 Å². The van der Waals surface area contributed by atoms with E-state index in [2.05, 4.69) is 40.9 Å². The van der Waals surface area contributed by atoms with Gasteiger partial charge in [0.2, 0.25) is 23.6 Å². The van der Waals surface area contributed by atoms with Gasteiger partial charge in [0.15, 0.2) is 5.78 Å². The number of nitrogens with zero attached hydrogens (tertiary/aromatic N) is 3. The van der Waals surface area contributed by atoms with Crippen molar-refractivity contribution >= 4 is 40.3 Å². The van der Waals surface area contributed by atoms with E-state index < -0.39 is 35.9 Å². The van der Waals surface area contributed by atoms with Gasteiger partial charge in [-0.1, -0.05) is 50.3 Å². The largest absolute Gasteiger partial charge is 0.383 e. The van der Waals surface area contributed by atoms with Crippen LogP contribution in [-0.4, -0.2) is 96.1 Å². The topological polar surface area (TPSA) is 218 Å². The molecule has 1 aliphatic heterocycles. The summed E-state index contributed by atoms with van der Waals surface area (Å²) in [5.41, 5.74) is 2.64. The maximum absolute atomic E-state index is 14.3. The van der Waals surface area contributed by atoms with Gasteiger partial charge in [-0.25, -0.2) is 9.97 Å². The number of ketones is 1. The highest BCUT2D eigenvalue weighted by Gasteiger charge is 2.34. The molecule has 0 spiro atoms. The Balaban J connectivity index is 1.19. The number of imidazole rings is 2. The highest BCUT2D eigenvalue weighted by Crippen LogP contribution is 2.31. The molecule has 4 atom stereocenters. The number of amides is 4. The molecule has 0 radical (unpaired) electrons. The molecule has 4 amide bonds. The molecule has 1 saturated carbocycles. The van der Waals surface area contributed by atoms with E-state index in [9.17, 15) is 29.1 Å². The van der Waals surface area contributed by atoms with Gasteiger partial charge < -0.3 is 40.9 Å². The number of aromatic amines is 3. The zero-order chi connectivity index (χ0) is 38.7. The first kappa shape index (κ1) is 39.4. The summed E-state index contributed by atoms with van der Waals surface area (Å²) in [5, 5.41) is 21.4. The minimum absolute atomic E-state index is 0.0836. The molecule has 15 nitrogen and oxygen atoms in total. The van der Waals surface area contributed by atoms with Crippen molar-refractivity contribution in [2.45, 2.75) is 102 Å². The van der Waals surface area contributed by atoms with Gasteiger partial charge >= 0.3 is 0 Å². The molecule has 2 fully saturated rings. The maximum Gasteiger partial charge on any atom is 0.243 e. The lowest BCUT2D eigenvalue weighted by Gasteiger charge is -2.31. The van der Waals surface area contributed by atoms with Gasteiger partial charge in [0.25, 0.3) is 0 Å². The third-order valence-electron chi connectivity index (χ3n) is 10.9. The van der Waals surface area contributed by atoms with Gasteiger partial charge in [-0.2, -0.15) is 0 Å². The third kappa shape index (κ3) is 10.7. The van der Waals surface area contributed by atoms with Crippen LogP contribution >= 0.6 is 0 Å². The number of likely N-dealkylation sites (tertiary alicyclic amines) is 1. The Kier molecular flexibility index (Phi) is 13.5. The summed E-state index contributed by atoms with van der Waals surface area (Å²) < 4.78 is 0. The average Bonchev–Trinajstić information content (AvgIpc) is 4.02. The number of Topliss-reactive ketones (excluding diaryl/α,β-unsaturated/α-hetero) is 1. The van der Waals surface area contributed by atoms with Crippen LogP contribution in [0.15, 0.2) is 49.2 Å². The second-order valence-corrected chi connectivity index (χ2v) is 15.0. The summed E-state index contributed by atoms with van der Waals surface area (Å²) in [7, 11) is 0. The Hall–Kier alpha value is -5.31. The van der Waals surface area contributed by atoms with Crippen molar-refractivity contribution < 1.29 is 29.1 Å². The minimum atomic E-state index is -1.23. The van der Waals surface area contributed by atoms with Gasteiger partial charge in [-0.05, 0) is 43.2 Å². The molecular formula is C40H53N9O6. The van der Waals surface area contributed by atoms with Gasteiger partial charge in [0.05, 0.1) is 24.5 Å². The SMILES string of the molecule is CC(=O)c1cnc([C@H](O)[C@H](CC2CCCCC2)NC(=O)[C@H](Cc2cnc[nH]2)NC(=O)[C@@H](CC(=O)NCCCN2CCCC2=O)Cc2c[nH]c3ccccc23)[nH]1. The van der Waals surface area contributed by atoms with E-state index in [1.807, 2.05) is 30.5 Å². The Bertz CT molecular complexity index is 1910. The normalized spacial score (nSPS) is 17.1. The molecule has 4 aromatic rings. The van der Waals surface area contributed by atoms with E-state index in [4.69, 9.17) is 0 Å². The number of aliphatic hydroxyl groups excluding tert-OH is 1. The predicted molar refractivity (Wildman–Crippen MR) is 204 cm³/mol. The van der Waals surface area contributed by atoms with Crippen LogP contribution in [0.5, 0.6) is 0 Å². The number of carbonyl (C=O) groups is 5. The smallest absolute Gasteiger partial charge is 0.243 e. The molecule has 3 aromatic heterocycles. The highest BCUT2D eigenvalue weighted by atomic mass is 16.3. The molecule has 4 heterocycles. The van der Waals surface area contributed by atoms with Crippen molar-refractivity contribution in [3.63, 3.8) is 0 Å². The van der Waals surface area contributed by atoms with Crippen LogP contribution in [0, 0.1) is 11.8 Å². The van der Waals surface area contributed by atoms with E-state index >= 15 is 0 Å². The van der Waals surface area contributed by atoms with E-state index in [1.54, 1.807) is 11.1 Å². The van der Waals surface area contributed by atoms with Crippen LogP contribution in [-0.2, 0) is 32.0 Å². The third-order valence-corrected chi connectivity index (χ3v) is 10.9. The second-order valence-electron chi connectivity index (χ2n) is 15.0. The lowest BCUT2D eigenvalue weighted by molar-refractivity contribution is -0.133. The second kappa shape index (κ2) is 18.8. The quantitative estimate of drug-likeness (QED) is 0.0555. The maximum atomic E-state index is 14.3. The number of hydrogen-bond acceptors (Lipinski definition) is 8. The average molecular weight is 756 g/mol. The zero-order valence-corrected chi connectivity index (χ0v) is 31.4. The van der Waals surface area contributed by atoms with Crippen molar-refractivity contribution in [3.05, 3.63) is 72.0 Å². The number of nitrogens with one attached hydrogen (secondary N) is 6. The molecular weight excluding hydrogens is 702 g/mol. The highest BCUT2D eigenvalue weighted by molar-refractivity contribution is 5.92. The standard InChI is InChI=1S/C40H53N9O6/c1-25(50)34-23-44-38(46-34)37(53)32(17-26-9-3-2-4-10-26)47-40(55)33(20-29-22-41-24-45-29)48-39(54)27(18-28-21-43-31-12-6-5-11-30(28)31)19-35(51)42-14-8-16-49-15-7-13-36(49)52/h5-6,11-12,21-24,26-27,32-33,37,43,53H,2-4,7-10,13-20H2,1H3,(H,41,45)(H,42,51)(H,44,46)(H,47,55)(H,48,54)/t27-,32+,33+,37-/m1/s1. The van der Waals surface area contributed by atoms with Crippen molar-refractivity contribution in [2.75, 3.05) is 19.6 Å². The molecule has 1 aromatic carbocycles. The van der Waals surface area contributed by atoms with Crippen LogP contribution in [0.3, 0.4) is 0 Å². The first-order valence-electron chi connectivity index (χ1n) is 19.6. The number of rotatable bonds is 19. The molecule has 55 heavy (non-hydrogen) atoms. The van der Waals surface area contributed by atoms with Gasteiger partial charge in [0.1, 0.15) is 23.7 Å². The number of benzene rings is 1. The summed E-state index contributed by atoms with van der Waals surface area (Å²) in [6.07, 6.45) is 13.0. The fraction of sp³-hybridized carbons (Fsp3) is 0.525. The minimum Gasteiger partial charge on any atom is -0.383 e. The Labute approximate surface area is 320 Å². The molecule has 2 aliphatic rings. The molecule has 0 bridgehead atoms. The predicted octanol–water partition coefficient (Wildman–Crippen LogP) is 3.41. The van der Waals surface area contributed by atoms with Crippen LogP contribution in [0.2, 0.25) is 0 Å². The molecule has 1 saturated heterocycles. The van der Waals surface area contributed by atoms with E-state index in [0.29, 0.717) is 38.0 Å². The summed E-state index contributed by atoms with van der Waals surface area (Å²) >= 11 is 0. The van der Waals surface area contributed by atoms with E-state index in [-0.39, 0.29) is 54.3 Å². The molecule has 1 aliphatic carbocycles. The van der Waals surface area contributed by atoms with E-state index in [0.717, 1.165) is 61.5 Å². The fourth-order valence-electron chi connectivity index (χ4n) is 7.86. The Morgan fingerprint density at radius 3 is 2.55 bits per heavy atom. The van der Waals surface area contributed by atoms with Crippen molar-refractivity contribution in [3.8, 4) is 0 Å². The number of hydrogen-bond donors (Lipinski definition) is 7. The molecule has 7 N–H and O–H groups in total. The molecule has 15 heteroatoms. The number of para-hydroxylation sites is 1. The first-order chi connectivity index (χ1) is 26.6. The molecule has 6 rings (SSSR count). The monoisotopic (exact) mass is 755 g/mol. The van der Waals surface area contributed by atoms with Crippen LogP contribution in [0.4, 0.5) is 0 Å². The molecule has 0 unspecified atom stereocenters. The van der Waals surface area contributed by atoms with E-state index in [1.165, 1.54) is 19.4 Å². The number of aliphatic hydroxyl groups is 1. The number of aromatic nitrogens is 5. The first-order valence-corrected chi connectivity index (χ1v) is 19.6. The van der Waals surface area contributed by atoms with Crippen molar-refractivity contribution in [1.29, 1.82) is 0 Å². The number of fused-ring (bicyclic) bond motifs is 1. The summed E-state index contributed by atoms with van der Waals surface area (Å²) in [6.45, 7) is 3.07. The summed E-state index contributed by atoms with van der Waals surface area (Å²) in [6, 6.07) is 5.90. The van der Waals surface area contributed by atoms with Crippen LogP contribution in [0.25, 0.3) is 10.9 Å². The van der Waals surface area contributed by atoms with Crippen molar-refractivity contribution in [1.82, 2.24) is 45.8 Å². The van der Waals surface area contributed by atoms with Crippen LogP contribution < -0.4 is 16.0 Å². The van der Waals surface area contributed by atoms with Gasteiger partial charge in [-0.3, -0.25) is 24.0 Å². The lowest BCUT2D eigenvalue weighted by atomic mass is 9.83. The Morgan fingerprint density at radius 1 is 1.00 bits per heavy atom. The Morgan fingerprint density at radius 2 is 1.82 bits per heavy atom. The van der Waals surface area contributed by atoms with Crippen LogP contribution in [0.1, 0.15) is 105 Å².